The number of rotatable bonds is 4. The van der Waals surface area contributed by atoms with Crippen LogP contribution in [0.25, 0.3) is 0 Å². The normalized spacial score (nSPS) is 23.9. The lowest BCUT2D eigenvalue weighted by Gasteiger charge is -2.34. The molecule has 1 unspecified atom stereocenters. The van der Waals surface area contributed by atoms with E-state index in [9.17, 15) is 9.18 Å². The van der Waals surface area contributed by atoms with Gasteiger partial charge in [-0.05, 0) is 62.1 Å². The third-order valence-electron chi connectivity index (χ3n) is 4.78. The van der Waals surface area contributed by atoms with Crippen molar-refractivity contribution in [1.82, 2.24) is 4.90 Å². The third kappa shape index (κ3) is 3.43. The van der Waals surface area contributed by atoms with Gasteiger partial charge in [0, 0.05) is 13.1 Å². The minimum absolute atomic E-state index is 0.147. The molecule has 0 bridgehead atoms. The first-order valence-corrected chi connectivity index (χ1v) is 7.89. The number of hydrogen-bond donors (Lipinski definition) is 1. The molecule has 2 N–H and O–H groups in total. The molecule has 4 heteroatoms. The predicted octanol–water partition coefficient (Wildman–Crippen LogP) is 2.49. The highest BCUT2D eigenvalue weighted by Gasteiger charge is 2.48. The van der Waals surface area contributed by atoms with Gasteiger partial charge in [-0.2, -0.15) is 0 Å². The van der Waals surface area contributed by atoms with Crippen LogP contribution in [0.5, 0.6) is 0 Å². The van der Waals surface area contributed by atoms with Gasteiger partial charge in [0.15, 0.2) is 0 Å². The Hall–Kier alpha value is -1.42. The summed E-state index contributed by atoms with van der Waals surface area (Å²) < 4.78 is 12.9. The molecule has 3 nitrogen and oxygen atoms in total. The second-order valence-electron chi connectivity index (χ2n) is 6.58. The van der Waals surface area contributed by atoms with E-state index in [2.05, 4.69) is 0 Å². The predicted molar refractivity (Wildman–Crippen MR) is 80.2 cm³/mol. The lowest BCUT2D eigenvalue weighted by molar-refractivity contribution is -0.135. The van der Waals surface area contributed by atoms with E-state index in [1.807, 2.05) is 17.0 Å². The van der Waals surface area contributed by atoms with Gasteiger partial charge in [0.1, 0.15) is 5.82 Å². The number of aryl methyl sites for hydroxylation is 1. The Morgan fingerprint density at radius 1 is 1.33 bits per heavy atom. The summed E-state index contributed by atoms with van der Waals surface area (Å²) in [4.78, 5) is 14.3. The van der Waals surface area contributed by atoms with Crippen molar-refractivity contribution in [3.8, 4) is 0 Å². The van der Waals surface area contributed by atoms with E-state index in [1.165, 1.54) is 18.6 Å². The highest BCUT2D eigenvalue weighted by Crippen LogP contribution is 2.35. The van der Waals surface area contributed by atoms with E-state index in [-0.39, 0.29) is 11.7 Å². The molecule has 1 saturated carbocycles. The van der Waals surface area contributed by atoms with E-state index in [4.69, 9.17) is 5.73 Å². The summed E-state index contributed by atoms with van der Waals surface area (Å²) in [7, 11) is 0. The molecule has 2 fully saturated rings. The van der Waals surface area contributed by atoms with Crippen LogP contribution in [0.2, 0.25) is 0 Å². The number of likely N-dealkylation sites (tertiary alicyclic amines) is 1. The van der Waals surface area contributed by atoms with Gasteiger partial charge in [0.25, 0.3) is 0 Å². The van der Waals surface area contributed by atoms with Crippen LogP contribution in [-0.2, 0) is 11.2 Å². The molecule has 1 aromatic carbocycles. The van der Waals surface area contributed by atoms with Crippen LogP contribution in [0.4, 0.5) is 4.39 Å². The Morgan fingerprint density at radius 3 is 2.71 bits per heavy atom. The Labute approximate surface area is 125 Å². The van der Waals surface area contributed by atoms with E-state index in [0.717, 1.165) is 50.8 Å². The van der Waals surface area contributed by atoms with Crippen LogP contribution in [-0.4, -0.2) is 29.4 Å². The van der Waals surface area contributed by atoms with Crippen LogP contribution in [0.3, 0.4) is 0 Å². The first-order chi connectivity index (χ1) is 10.1. The first-order valence-electron chi connectivity index (χ1n) is 7.89. The van der Waals surface area contributed by atoms with E-state index < -0.39 is 5.54 Å². The molecule has 0 radical (unpaired) electrons. The van der Waals surface area contributed by atoms with E-state index in [1.54, 1.807) is 0 Å². The number of carbonyl (C=O) groups is 1. The zero-order valence-corrected chi connectivity index (χ0v) is 12.4. The number of amides is 1. The van der Waals surface area contributed by atoms with Crippen LogP contribution >= 0.6 is 0 Å². The fraction of sp³-hybridized carbons (Fsp3) is 0.588. The summed E-state index contributed by atoms with van der Waals surface area (Å²) in [6.07, 6.45) is 5.90. The lowest BCUT2D eigenvalue weighted by Crippen LogP contribution is -2.49. The molecule has 3 rings (SSSR count). The topological polar surface area (TPSA) is 46.3 Å². The summed E-state index contributed by atoms with van der Waals surface area (Å²) in [6, 6.07) is 6.72. The number of benzene rings is 1. The molecule has 1 atom stereocenters. The minimum atomic E-state index is -0.543. The molecular formula is C17H23FN2O. The van der Waals surface area contributed by atoms with Crippen molar-refractivity contribution in [2.24, 2.45) is 11.7 Å². The maximum absolute atomic E-state index is 12.9. The number of nitrogens with zero attached hydrogens (tertiary/aromatic N) is 1. The molecular weight excluding hydrogens is 267 g/mol. The first kappa shape index (κ1) is 14.5. The second-order valence-corrected chi connectivity index (χ2v) is 6.58. The van der Waals surface area contributed by atoms with Gasteiger partial charge in [-0.25, -0.2) is 4.39 Å². The largest absolute Gasteiger partial charge is 0.341 e. The lowest BCUT2D eigenvalue weighted by atomic mass is 9.91. The van der Waals surface area contributed by atoms with Crippen molar-refractivity contribution in [3.05, 3.63) is 35.6 Å². The van der Waals surface area contributed by atoms with Gasteiger partial charge in [-0.1, -0.05) is 12.1 Å². The molecule has 0 aromatic heterocycles. The highest BCUT2D eigenvalue weighted by molar-refractivity contribution is 5.89. The summed E-state index contributed by atoms with van der Waals surface area (Å²) in [5, 5.41) is 0. The SMILES string of the molecule is NC1(C(=O)N2CCCC(CCc3ccc(F)cc3)C2)CC1. The van der Waals surface area contributed by atoms with Gasteiger partial charge >= 0.3 is 0 Å². The molecule has 21 heavy (non-hydrogen) atoms. The standard InChI is InChI=1S/C17H23FN2O/c18-15-7-5-13(6-8-15)3-4-14-2-1-11-20(12-14)16(21)17(19)9-10-17/h5-8,14H,1-4,9-12,19H2. The summed E-state index contributed by atoms with van der Waals surface area (Å²) in [6.45, 7) is 1.68. The Kier molecular flexibility index (Phi) is 3.98. The molecule has 1 heterocycles. The third-order valence-corrected chi connectivity index (χ3v) is 4.78. The summed E-state index contributed by atoms with van der Waals surface area (Å²) in [5.74, 6) is 0.495. The highest BCUT2D eigenvalue weighted by atomic mass is 19.1. The molecule has 1 saturated heterocycles. The second kappa shape index (κ2) is 5.76. The van der Waals surface area contributed by atoms with Crippen LogP contribution in [0, 0.1) is 11.7 Å². The Balaban J connectivity index is 1.51. The zero-order chi connectivity index (χ0) is 14.9. The fourth-order valence-corrected chi connectivity index (χ4v) is 3.17. The number of halogens is 1. The molecule has 1 aromatic rings. The van der Waals surface area contributed by atoms with E-state index in [0.29, 0.717) is 5.92 Å². The summed E-state index contributed by atoms with van der Waals surface area (Å²) >= 11 is 0. The number of nitrogens with two attached hydrogens (primary N) is 1. The van der Waals surface area contributed by atoms with Gasteiger partial charge in [-0.3, -0.25) is 4.79 Å². The minimum Gasteiger partial charge on any atom is -0.341 e. The average molecular weight is 290 g/mol. The maximum Gasteiger partial charge on any atom is 0.242 e. The van der Waals surface area contributed by atoms with Crippen LogP contribution in [0.1, 0.15) is 37.7 Å². The van der Waals surface area contributed by atoms with Gasteiger partial charge in [-0.15, -0.1) is 0 Å². The van der Waals surface area contributed by atoms with E-state index >= 15 is 0 Å². The average Bonchev–Trinajstić information content (AvgIpc) is 3.25. The molecule has 1 amide bonds. The van der Waals surface area contributed by atoms with Gasteiger partial charge in [0.2, 0.25) is 5.91 Å². The number of hydrogen-bond acceptors (Lipinski definition) is 2. The Morgan fingerprint density at radius 2 is 2.05 bits per heavy atom. The van der Waals surface area contributed by atoms with Crippen molar-refractivity contribution in [2.75, 3.05) is 13.1 Å². The number of piperidine rings is 1. The monoisotopic (exact) mass is 290 g/mol. The van der Waals surface area contributed by atoms with Gasteiger partial charge < -0.3 is 10.6 Å². The zero-order valence-electron chi connectivity index (χ0n) is 12.4. The van der Waals surface area contributed by atoms with Crippen molar-refractivity contribution in [2.45, 2.75) is 44.1 Å². The van der Waals surface area contributed by atoms with Crippen LogP contribution in [0.15, 0.2) is 24.3 Å². The smallest absolute Gasteiger partial charge is 0.242 e. The molecule has 2 aliphatic rings. The maximum atomic E-state index is 12.9. The Bertz CT molecular complexity index is 510. The molecule has 0 spiro atoms. The number of carbonyl (C=O) groups excluding carboxylic acids is 1. The van der Waals surface area contributed by atoms with Crippen molar-refractivity contribution in [3.63, 3.8) is 0 Å². The van der Waals surface area contributed by atoms with Gasteiger partial charge in [0.05, 0.1) is 5.54 Å². The quantitative estimate of drug-likeness (QED) is 0.926. The van der Waals surface area contributed by atoms with Crippen molar-refractivity contribution >= 4 is 5.91 Å². The van der Waals surface area contributed by atoms with Crippen molar-refractivity contribution < 1.29 is 9.18 Å². The molecule has 114 valence electrons. The molecule has 1 aliphatic carbocycles. The molecule has 1 aliphatic heterocycles. The van der Waals surface area contributed by atoms with Crippen LogP contribution < -0.4 is 5.73 Å². The van der Waals surface area contributed by atoms with Crippen molar-refractivity contribution in [1.29, 1.82) is 0 Å². The summed E-state index contributed by atoms with van der Waals surface area (Å²) in [5.41, 5.74) is 6.64. The fourth-order valence-electron chi connectivity index (χ4n) is 3.17.